The molecule has 1 saturated carbocycles. The number of fused-ring (bicyclic) bond motifs is 1. The molecule has 102 valence electrons. The molecule has 2 heterocycles. The maximum absolute atomic E-state index is 13.2. The second-order valence-electron chi connectivity index (χ2n) is 5.06. The quantitative estimate of drug-likeness (QED) is 0.697. The van der Waals surface area contributed by atoms with Crippen molar-refractivity contribution in [1.29, 1.82) is 0 Å². The van der Waals surface area contributed by atoms with Crippen LogP contribution in [0.25, 0.3) is 10.2 Å². The molecule has 0 aromatic carbocycles. The fourth-order valence-corrected chi connectivity index (χ4v) is 4.10. The zero-order valence-corrected chi connectivity index (χ0v) is 12.0. The topological polar surface area (TPSA) is 25.8 Å². The number of hydrogen-bond donors (Lipinski definition) is 0. The molecular formula is C13H13ClF2N2S. The predicted molar refractivity (Wildman–Crippen MR) is 73.3 cm³/mol. The average molecular weight is 303 g/mol. The van der Waals surface area contributed by atoms with Gasteiger partial charge in [0, 0.05) is 23.1 Å². The highest BCUT2D eigenvalue weighted by atomic mass is 35.5. The molecule has 6 heteroatoms. The Morgan fingerprint density at radius 2 is 2.00 bits per heavy atom. The van der Waals surface area contributed by atoms with Gasteiger partial charge in [0.15, 0.2) is 0 Å². The first-order valence-corrected chi connectivity index (χ1v) is 7.45. The summed E-state index contributed by atoms with van der Waals surface area (Å²) in [6.45, 7) is 1.80. The van der Waals surface area contributed by atoms with E-state index < -0.39 is 5.92 Å². The van der Waals surface area contributed by atoms with Crippen molar-refractivity contribution in [2.45, 2.75) is 44.4 Å². The Kier molecular flexibility index (Phi) is 3.21. The summed E-state index contributed by atoms with van der Waals surface area (Å²) in [6, 6.07) is 1.97. The maximum atomic E-state index is 13.2. The first-order chi connectivity index (χ1) is 8.94. The molecule has 0 bridgehead atoms. The Morgan fingerprint density at radius 3 is 2.68 bits per heavy atom. The lowest BCUT2D eigenvalue weighted by Gasteiger charge is -2.27. The normalized spacial score (nSPS) is 20.0. The minimum Gasteiger partial charge on any atom is -0.222 e. The Bertz CT molecular complexity index is 616. The minimum absolute atomic E-state index is 0.0235. The highest BCUT2D eigenvalue weighted by Crippen LogP contribution is 2.44. The minimum atomic E-state index is -2.48. The first kappa shape index (κ1) is 13.2. The van der Waals surface area contributed by atoms with Crippen molar-refractivity contribution in [3.8, 4) is 0 Å². The van der Waals surface area contributed by atoms with Gasteiger partial charge in [0.1, 0.15) is 15.8 Å². The molecule has 1 fully saturated rings. The van der Waals surface area contributed by atoms with Crippen LogP contribution in [0.2, 0.25) is 5.15 Å². The van der Waals surface area contributed by atoms with Crippen molar-refractivity contribution >= 4 is 33.2 Å². The molecule has 19 heavy (non-hydrogen) atoms. The molecule has 0 spiro atoms. The van der Waals surface area contributed by atoms with Crippen LogP contribution in [-0.2, 0) is 0 Å². The summed E-state index contributed by atoms with van der Waals surface area (Å²) in [5.41, 5.74) is 0. The second-order valence-corrected chi connectivity index (χ2v) is 6.48. The third-order valence-electron chi connectivity index (χ3n) is 3.60. The van der Waals surface area contributed by atoms with Gasteiger partial charge in [-0.05, 0) is 31.7 Å². The molecule has 2 aromatic rings. The van der Waals surface area contributed by atoms with Gasteiger partial charge in [-0.2, -0.15) is 0 Å². The SMILES string of the molecule is Cc1nc(Cl)c2cc(C3CCC(F)(F)CC3)sc2n1. The Balaban J connectivity index is 1.92. The van der Waals surface area contributed by atoms with Crippen LogP contribution >= 0.6 is 22.9 Å². The van der Waals surface area contributed by atoms with Gasteiger partial charge in [0.05, 0.1) is 0 Å². The van der Waals surface area contributed by atoms with Crippen molar-refractivity contribution < 1.29 is 8.78 Å². The van der Waals surface area contributed by atoms with Gasteiger partial charge in [-0.1, -0.05) is 11.6 Å². The van der Waals surface area contributed by atoms with Crippen molar-refractivity contribution in [2.75, 3.05) is 0 Å². The fraction of sp³-hybridized carbons (Fsp3) is 0.538. The summed E-state index contributed by atoms with van der Waals surface area (Å²) < 4.78 is 26.3. The summed E-state index contributed by atoms with van der Waals surface area (Å²) in [5, 5.41) is 1.29. The van der Waals surface area contributed by atoms with E-state index in [2.05, 4.69) is 9.97 Å². The largest absolute Gasteiger partial charge is 0.248 e. The van der Waals surface area contributed by atoms with Crippen molar-refractivity contribution in [2.24, 2.45) is 0 Å². The fourth-order valence-electron chi connectivity index (χ4n) is 2.53. The van der Waals surface area contributed by atoms with Crippen molar-refractivity contribution in [3.63, 3.8) is 0 Å². The molecule has 0 radical (unpaired) electrons. The number of halogens is 3. The average Bonchev–Trinajstić information content (AvgIpc) is 2.72. The van der Waals surface area contributed by atoms with Crippen LogP contribution in [0.5, 0.6) is 0 Å². The molecular weight excluding hydrogens is 290 g/mol. The summed E-state index contributed by atoms with van der Waals surface area (Å²) in [7, 11) is 0. The molecule has 0 atom stereocenters. The molecule has 2 aromatic heterocycles. The number of alkyl halides is 2. The lowest BCUT2D eigenvalue weighted by Crippen LogP contribution is -2.23. The van der Waals surface area contributed by atoms with Gasteiger partial charge in [0.25, 0.3) is 0 Å². The van der Waals surface area contributed by atoms with E-state index in [1.54, 1.807) is 18.3 Å². The summed E-state index contributed by atoms with van der Waals surface area (Å²) in [4.78, 5) is 10.4. The first-order valence-electron chi connectivity index (χ1n) is 6.26. The number of thiophene rings is 1. The Hall–Kier alpha value is -0.810. The van der Waals surface area contributed by atoms with Gasteiger partial charge >= 0.3 is 0 Å². The van der Waals surface area contributed by atoms with Crippen LogP contribution in [0.1, 0.15) is 42.3 Å². The van der Waals surface area contributed by atoms with E-state index in [-0.39, 0.29) is 18.8 Å². The van der Waals surface area contributed by atoms with Crippen molar-refractivity contribution in [1.82, 2.24) is 9.97 Å². The Morgan fingerprint density at radius 1 is 1.32 bits per heavy atom. The van der Waals surface area contributed by atoms with E-state index >= 15 is 0 Å². The Labute approximate surface area is 118 Å². The zero-order valence-electron chi connectivity index (χ0n) is 10.4. The van der Waals surface area contributed by atoms with E-state index in [0.29, 0.717) is 23.8 Å². The number of rotatable bonds is 1. The summed E-state index contributed by atoms with van der Waals surface area (Å²) in [6.07, 6.45) is 1.02. The van der Waals surface area contributed by atoms with Crippen molar-refractivity contribution in [3.05, 3.63) is 21.9 Å². The maximum Gasteiger partial charge on any atom is 0.248 e. The molecule has 2 nitrogen and oxygen atoms in total. The third-order valence-corrected chi connectivity index (χ3v) is 5.08. The number of aromatic nitrogens is 2. The van der Waals surface area contributed by atoms with E-state index in [1.807, 2.05) is 6.07 Å². The predicted octanol–water partition coefficient (Wildman–Crippen LogP) is 4.95. The molecule has 0 saturated heterocycles. The van der Waals surface area contributed by atoms with Gasteiger partial charge < -0.3 is 0 Å². The molecule has 0 aliphatic heterocycles. The third kappa shape index (κ3) is 2.58. The monoisotopic (exact) mass is 302 g/mol. The van der Waals surface area contributed by atoms with Crippen LogP contribution in [0, 0.1) is 6.92 Å². The molecule has 1 aliphatic rings. The van der Waals surface area contributed by atoms with Gasteiger partial charge in [0.2, 0.25) is 5.92 Å². The number of nitrogens with zero attached hydrogens (tertiary/aromatic N) is 2. The van der Waals surface area contributed by atoms with E-state index in [4.69, 9.17) is 11.6 Å². The molecule has 0 amide bonds. The lowest BCUT2D eigenvalue weighted by atomic mass is 9.86. The van der Waals surface area contributed by atoms with Gasteiger partial charge in [-0.15, -0.1) is 11.3 Å². The molecule has 0 unspecified atom stereocenters. The molecule has 1 aliphatic carbocycles. The van der Waals surface area contributed by atoms with Crippen LogP contribution < -0.4 is 0 Å². The molecule has 3 rings (SSSR count). The second kappa shape index (κ2) is 4.63. The van der Waals surface area contributed by atoms with E-state index in [1.165, 1.54) is 0 Å². The summed E-state index contributed by atoms with van der Waals surface area (Å²) >= 11 is 7.65. The standard InChI is InChI=1S/C13H13ClF2N2S/c1-7-17-11(14)9-6-10(19-12(9)18-7)8-2-4-13(15,16)5-3-8/h6,8H,2-5H2,1H3. The zero-order chi connectivity index (χ0) is 13.6. The van der Waals surface area contributed by atoms with E-state index in [0.717, 1.165) is 15.1 Å². The van der Waals surface area contributed by atoms with E-state index in [9.17, 15) is 8.78 Å². The van der Waals surface area contributed by atoms with Crippen LogP contribution in [-0.4, -0.2) is 15.9 Å². The van der Waals surface area contributed by atoms with Gasteiger partial charge in [-0.25, -0.2) is 18.7 Å². The van der Waals surface area contributed by atoms with Crippen LogP contribution in [0.4, 0.5) is 8.78 Å². The van der Waals surface area contributed by atoms with Crippen LogP contribution in [0.15, 0.2) is 6.07 Å². The highest BCUT2D eigenvalue weighted by molar-refractivity contribution is 7.18. The van der Waals surface area contributed by atoms with Gasteiger partial charge in [-0.3, -0.25) is 0 Å². The smallest absolute Gasteiger partial charge is 0.222 e. The number of hydrogen-bond acceptors (Lipinski definition) is 3. The summed E-state index contributed by atoms with van der Waals surface area (Å²) in [5.74, 6) is -1.64. The number of aryl methyl sites for hydroxylation is 1. The lowest BCUT2D eigenvalue weighted by molar-refractivity contribution is -0.0379. The highest BCUT2D eigenvalue weighted by Gasteiger charge is 2.35. The molecule has 0 N–H and O–H groups in total. The van der Waals surface area contributed by atoms with Crippen LogP contribution in [0.3, 0.4) is 0 Å².